The topological polar surface area (TPSA) is 72.4 Å². The molecule has 0 aromatic carbocycles. The average Bonchev–Trinajstić information content (AvgIpc) is 3.32. The first-order valence-electron chi connectivity index (χ1n) is 7.33. The van der Waals surface area contributed by atoms with Gasteiger partial charge in [0, 0.05) is 41.3 Å². The lowest BCUT2D eigenvalue weighted by Crippen LogP contribution is -2.39. The third-order valence-corrected chi connectivity index (χ3v) is 5.04. The summed E-state index contributed by atoms with van der Waals surface area (Å²) in [6, 6.07) is 1.82. The number of rotatable bonds is 4. The predicted molar refractivity (Wildman–Crippen MR) is 80.1 cm³/mol. The second-order valence-corrected chi connectivity index (χ2v) is 7.03. The predicted octanol–water partition coefficient (Wildman–Crippen LogP) is 1.10. The van der Waals surface area contributed by atoms with Crippen molar-refractivity contribution in [2.24, 2.45) is 0 Å². The maximum atomic E-state index is 12.2. The van der Waals surface area contributed by atoms with E-state index in [1.54, 1.807) is 6.92 Å². The van der Waals surface area contributed by atoms with E-state index in [1.165, 1.54) is 0 Å². The van der Waals surface area contributed by atoms with Gasteiger partial charge in [-0.1, -0.05) is 0 Å². The molecule has 7 heteroatoms. The molecule has 2 fully saturated rings. The lowest BCUT2D eigenvalue weighted by Gasteiger charge is -2.28. The zero-order chi connectivity index (χ0) is 14.8. The van der Waals surface area contributed by atoms with E-state index in [0.29, 0.717) is 48.5 Å². The SMILES string of the molecule is CCOC(=O)c1cc(C2CC2)nnc1N1CCS(=O)CC1. The average molecular weight is 309 g/mol. The van der Waals surface area contributed by atoms with Gasteiger partial charge >= 0.3 is 5.97 Å². The van der Waals surface area contributed by atoms with Gasteiger partial charge in [0.1, 0.15) is 5.56 Å². The fourth-order valence-electron chi connectivity index (χ4n) is 2.42. The van der Waals surface area contributed by atoms with E-state index in [1.807, 2.05) is 11.0 Å². The molecular formula is C14H19N3O3S. The molecule has 6 nitrogen and oxygen atoms in total. The smallest absolute Gasteiger partial charge is 0.342 e. The Morgan fingerprint density at radius 3 is 2.71 bits per heavy atom. The van der Waals surface area contributed by atoms with Crippen molar-refractivity contribution in [3.05, 3.63) is 17.3 Å². The van der Waals surface area contributed by atoms with Crippen molar-refractivity contribution >= 4 is 22.6 Å². The molecule has 0 bridgehead atoms. The third-order valence-electron chi connectivity index (χ3n) is 3.76. The van der Waals surface area contributed by atoms with Crippen LogP contribution in [-0.4, -0.2) is 51.6 Å². The number of aromatic nitrogens is 2. The molecule has 1 saturated heterocycles. The molecule has 1 aromatic rings. The van der Waals surface area contributed by atoms with Crippen LogP contribution in [0.5, 0.6) is 0 Å². The molecule has 0 unspecified atom stereocenters. The summed E-state index contributed by atoms with van der Waals surface area (Å²) >= 11 is 0. The summed E-state index contributed by atoms with van der Waals surface area (Å²) in [5, 5.41) is 8.53. The number of anilines is 1. The number of hydrogen-bond donors (Lipinski definition) is 0. The van der Waals surface area contributed by atoms with Crippen LogP contribution in [0.3, 0.4) is 0 Å². The lowest BCUT2D eigenvalue weighted by molar-refractivity contribution is 0.0526. The molecule has 2 aliphatic rings. The van der Waals surface area contributed by atoms with E-state index in [9.17, 15) is 9.00 Å². The summed E-state index contributed by atoms with van der Waals surface area (Å²) in [7, 11) is -0.763. The van der Waals surface area contributed by atoms with Gasteiger partial charge in [-0.2, -0.15) is 5.10 Å². The Bertz CT molecular complexity index is 565. The van der Waals surface area contributed by atoms with E-state index in [2.05, 4.69) is 10.2 Å². The zero-order valence-electron chi connectivity index (χ0n) is 12.1. The van der Waals surface area contributed by atoms with Gasteiger partial charge < -0.3 is 9.64 Å². The van der Waals surface area contributed by atoms with Crippen molar-refractivity contribution in [2.75, 3.05) is 36.1 Å². The minimum Gasteiger partial charge on any atom is -0.462 e. The first kappa shape index (κ1) is 14.4. The third kappa shape index (κ3) is 3.23. The minimum atomic E-state index is -0.763. The number of esters is 1. The van der Waals surface area contributed by atoms with Crippen LogP contribution in [-0.2, 0) is 15.5 Å². The highest BCUT2D eigenvalue weighted by Crippen LogP contribution is 2.39. The second kappa shape index (κ2) is 6.09. The molecule has 3 rings (SSSR count). The van der Waals surface area contributed by atoms with Crippen molar-refractivity contribution in [1.29, 1.82) is 0 Å². The van der Waals surface area contributed by atoms with Crippen LogP contribution in [0.2, 0.25) is 0 Å². The summed E-state index contributed by atoms with van der Waals surface area (Å²) in [5.74, 6) is 1.86. The van der Waals surface area contributed by atoms with Crippen LogP contribution >= 0.6 is 0 Å². The van der Waals surface area contributed by atoms with Crippen LogP contribution in [0.4, 0.5) is 5.82 Å². The zero-order valence-corrected chi connectivity index (χ0v) is 12.9. The number of carbonyl (C=O) groups is 1. The Kier molecular flexibility index (Phi) is 4.19. The van der Waals surface area contributed by atoms with E-state index in [0.717, 1.165) is 18.5 Å². The van der Waals surface area contributed by atoms with Gasteiger partial charge in [-0.05, 0) is 25.8 Å². The summed E-state index contributed by atoms with van der Waals surface area (Å²) in [6.45, 7) is 3.40. The molecule has 2 heterocycles. The van der Waals surface area contributed by atoms with Gasteiger partial charge in [0.25, 0.3) is 0 Å². The van der Waals surface area contributed by atoms with Crippen LogP contribution in [0.25, 0.3) is 0 Å². The number of carbonyl (C=O) groups excluding carboxylic acids is 1. The summed E-state index contributed by atoms with van der Waals surface area (Å²) in [4.78, 5) is 14.2. The van der Waals surface area contributed by atoms with Gasteiger partial charge in [-0.15, -0.1) is 5.10 Å². The van der Waals surface area contributed by atoms with Crippen molar-refractivity contribution in [1.82, 2.24) is 10.2 Å². The van der Waals surface area contributed by atoms with Gasteiger partial charge in [0.2, 0.25) is 0 Å². The molecule has 1 saturated carbocycles. The normalized spacial score (nSPS) is 19.6. The molecule has 0 amide bonds. The standard InChI is InChI=1S/C14H19N3O3S/c1-2-20-14(18)11-9-12(10-3-4-10)15-16-13(11)17-5-7-21(19)8-6-17/h9-10H,2-8H2,1H3. The van der Waals surface area contributed by atoms with E-state index in [4.69, 9.17) is 4.74 Å². The largest absolute Gasteiger partial charge is 0.462 e. The Hall–Kier alpha value is -1.50. The Labute approximate surface area is 126 Å². The van der Waals surface area contributed by atoms with Crippen LogP contribution in [0, 0.1) is 0 Å². The highest BCUT2D eigenvalue weighted by molar-refractivity contribution is 7.85. The summed E-state index contributed by atoms with van der Waals surface area (Å²) in [5.41, 5.74) is 1.36. The quantitative estimate of drug-likeness (QED) is 0.776. The van der Waals surface area contributed by atoms with Crippen LogP contribution in [0.1, 0.15) is 41.7 Å². The van der Waals surface area contributed by atoms with Gasteiger partial charge in [0.05, 0.1) is 12.3 Å². The molecule has 0 spiro atoms. The molecule has 0 radical (unpaired) electrons. The van der Waals surface area contributed by atoms with E-state index >= 15 is 0 Å². The second-order valence-electron chi connectivity index (χ2n) is 5.34. The summed E-state index contributed by atoms with van der Waals surface area (Å²) in [6.07, 6.45) is 2.22. The molecule has 21 heavy (non-hydrogen) atoms. The Morgan fingerprint density at radius 1 is 1.38 bits per heavy atom. The highest BCUT2D eigenvalue weighted by atomic mass is 32.2. The van der Waals surface area contributed by atoms with E-state index in [-0.39, 0.29) is 5.97 Å². The molecule has 1 aliphatic heterocycles. The van der Waals surface area contributed by atoms with E-state index < -0.39 is 10.8 Å². The molecular weight excluding hydrogens is 290 g/mol. The van der Waals surface area contributed by atoms with Crippen LogP contribution < -0.4 is 4.90 Å². The van der Waals surface area contributed by atoms with Gasteiger partial charge in [0.15, 0.2) is 5.82 Å². The van der Waals surface area contributed by atoms with Gasteiger partial charge in [-0.25, -0.2) is 4.79 Å². The van der Waals surface area contributed by atoms with Crippen molar-refractivity contribution in [3.8, 4) is 0 Å². The first-order valence-corrected chi connectivity index (χ1v) is 8.82. The summed E-state index contributed by atoms with van der Waals surface area (Å²) < 4.78 is 16.6. The Balaban J connectivity index is 1.90. The molecule has 0 N–H and O–H groups in total. The number of ether oxygens (including phenoxy) is 1. The lowest BCUT2D eigenvalue weighted by atomic mass is 10.2. The van der Waals surface area contributed by atoms with Crippen molar-refractivity contribution < 1.29 is 13.7 Å². The highest BCUT2D eigenvalue weighted by Gasteiger charge is 2.29. The Morgan fingerprint density at radius 2 is 2.10 bits per heavy atom. The maximum Gasteiger partial charge on any atom is 0.342 e. The maximum absolute atomic E-state index is 12.2. The number of nitrogens with zero attached hydrogens (tertiary/aromatic N) is 3. The first-order chi connectivity index (χ1) is 10.2. The fourth-order valence-corrected chi connectivity index (χ4v) is 3.47. The fraction of sp³-hybridized carbons (Fsp3) is 0.643. The molecule has 114 valence electrons. The van der Waals surface area contributed by atoms with Crippen molar-refractivity contribution in [3.63, 3.8) is 0 Å². The molecule has 1 aliphatic carbocycles. The monoisotopic (exact) mass is 309 g/mol. The number of hydrogen-bond acceptors (Lipinski definition) is 6. The molecule has 0 atom stereocenters. The van der Waals surface area contributed by atoms with Crippen molar-refractivity contribution in [2.45, 2.75) is 25.7 Å². The van der Waals surface area contributed by atoms with Crippen LogP contribution in [0.15, 0.2) is 6.07 Å². The minimum absolute atomic E-state index is 0.337. The molecule has 1 aromatic heterocycles. The van der Waals surface area contributed by atoms with Gasteiger partial charge in [-0.3, -0.25) is 4.21 Å².